The number of carboxylic acids is 2. The average Bonchev–Trinajstić information content (AvgIpc) is 2.60. The van der Waals surface area contributed by atoms with Crippen LogP contribution in [0.3, 0.4) is 0 Å². The van der Waals surface area contributed by atoms with E-state index < -0.39 is 23.9 Å². The van der Waals surface area contributed by atoms with Crippen molar-refractivity contribution in [2.75, 3.05) is 13.2 Å². The van der Waals surface area contributed by atoms with Gasteiger partial charge in [-0.3, -0.25) is 0 Å². The van der Waals surface area contributed by atoms with Crippen LogP contribution in [-0.4, -0.2) is 58.2 Å². The molecule has 0 aliphatic heterocycles. The third-order valence-corrected chi connectivity index (χ3v) is 2.20. The minimum absolute atomic E-state index is 0.230. The molecule has 0 fully saturated rings. The number of hydrogen-bond acceptors (Lipinski definition) is 8. The molecule has 0 aromatic rings. The summed E-state index contributed by atoms with van der Waals surface area (Å²) in [5, 5.41) is 19.7. The standard InChI is InChI=1S/2C8H12O4.2CH3.Sn/c2*1-2-3-6-12-8(11)5-4-7(9)10;;;/h2*4-5H,2-3,6H2,1H3,(H,9,10);2*1H3;/q;;;;+2/p-2/b2*5-4-;;;. The Bertz CT molecular complexity index is 430. The van der Waals surface area contributed by atoms with Crippen molar-refractivity contribution in [2.24, 2.45) is 0 Å². The Balaban J connectivity index is -0.000000372. The van der Waals surface area contributed by atoms with Crippen LogP contribution in [0.25, 0.3) is 0 Å². The van der Waals surface area contributed by atoms with Gasteiger partial charge in [0.25, 0.3) is 0 Å². The first kappa shape index (κ1) is 29.9. The van der Waals surface area contributed by atoms with Crippen molar-refractivity contribution in [1.82, 2.24) is 0 Å². The fourth-order valence-electron chi connectivity index (χ4n) is 1.00. The van der Waals surface area contributed by atoms with Crippen LogP contribution in [0.1, 0.15) is 39.5 Å². The predicted molar refractivity (Wildman–Crippen MR) is 97.5 cm³/mol. The molecule has 0 N–H and O–H groups in total. The summed E-state index contributed by atoms with van der Waals surface area (Å²) in [5.74, 6) is -4.09. The van der Waals surface area contributed by atoms with Gasteiger partial charge in [-0.1, -0.05) is 26.7 Å². The zero-order chi connectivity index (χ0) is 21.5. The van der Waals surface area contributed by atoms with Crippen LogP contribution in [-0.2, 0) is 28.7 Å². The summed E-state index contributed by atoms with van der Waals surface area (Å²) in [6.07, 6.45) is 6.39. The van der Waals surface area contributed by atoms with Crippen LogP contribution >= 0.6 is 0 Å². The molecule has 9 heteroatoms. The first-order valence-corrected chi connectivity index (χ1v) is 14.2. The molecule has 8 nitrogen and oxygen atoms in total. The number of unbranched alkanes of at least 4 members (excludes halogenated alkanes) is 2. The maximum absolute atomic E-state index is 10.6. The fourth-order valence-corrected chi connectivity index (χ4v) is 1.00. The fraction of sp³-hybridized carbons (Fsp3) is 0.556. The van der Waals surface area contributed by atoms with Crippen molar-refractivity contribution in [3.05, 3.63) is 24.3 Å². The summed E-state index contributed by atoms with van der Waals surface area (Å²) in [6, 6.07) is 0. The first-order valence-electron chi connectivity index (χ1n) is 8.45. The SMILES string of the molecule is CCCCOC(=O)/C=C\C(=O)[O-].CCCCOC(=O)/C=C\C(=O)[O-].[CH3][Sn+2][CH3]. The van der Waals surface area contributed by atoms with Gasteiger partial charge in [0.1, 0.15) is 0 Å². The molecule has 0 aromatic heterocycles. The predicted octanol–water partition coefficient (Wildman–Crippen LogP) is 0.0584. The molecule has 0 amide bonds. The van der Waals surface area contributed by atoms with E-state index in [1.54, 1.807) is 0 Å². The maximum atomic E-state index is 10.6. The first-order chi connectivity index (χ1) is 12.7. The van der Waals surface area contributed by atoms with E-state index in [0.717, 1.165) is 37.8 Å². The second-order valence-electron chi connectivity index (χ2n) is 4.85. The van der Waals surface area contributed by atoms with E-state index >= 15 is 0 Å². The molecule has 0 saturated carbocycles. The number of carbonyl (C=O) groups is 4. The summed E-state index contributed by atoms with van der Waals surface area (Å²) in [7, 11) is 0. The average molecular weight is 491 g/mol. The van der Waals surface area contributed by atoms with Crippen molar-refractivity contribution in [2.45, 2.75) is 49.4 Å². The Morgan fingerprint density at radius 1 is 0.741 bits per heavy atom. The Hall–Kier alpha value is -1.84. The zero-order valence-corrected chi connectivity index (χ0v) is 19.2. The Labute approximate surface area is 170 Å². The zero-order valence-electron chi connectivity index (χ0n) is 16.3. The second kappa shape index (κ2) is 24.2. The molecular formula is C18H28O8Sn. The molecule has 27 heavy (non-hydrogen) atoms. The molecule has 0 saturated heterocycles. The van der Waals surface area contributed by atoms with Gasteiger partial charge in [0.15, 0.2) is 0 Å². The molecule has 0 rings (SSSR count). The molecule has 0 aliphatic carbocycles. The van der Waals surface area contributed by atoms with Gasteiger partial charge in [0, 0.05) is 12.2 Å². The molecule has 152 valence electrons. The quantitative estimate of drug-likeness (QED) is 0.181. The van der Waals surface area contributed by atoms with Crippen molar-refractivity contribution in [3.63, 3.8) is 0 Å². The van der Waals surface area contributed by atoms with E-state index in [2.05, 4.69) is 19.4 Å². The number of carbonyl (C=O) groups excluding carboxylic acids is 4. The van der Waals surface area contributed by atoms with Crippen molar-refractivity contribution in [1.29, 1.82) is 0 Å². The van der Waals surface area contributed by atoms with E-state index in [1.165, 1.54) is 0 Å². The van der Waals surface area contributed by atoms with Gasteiger partial charge in [0.2, 0.25) is 0 Å². The van der Waals surface area contributed by atoms with Gasteiger partial charge < -0.3 is 29.3 Å². The Morgan fingerprint density at radius 2 is 1.04 bits per heavy atom. The number of rotatable bonds is 10. The molecule has 0 aliphatic rings. The Kier molecular flexibility index (Phi) is 26.8. The molecule has 0 aromatic carbocycles. The summed E-state index contributed by atoms with van der Waals surface area (Å²) in [4.78, 5) is 45.5. The van der Waals surface area contributed by atoms with Crippen LogP contribution in [0, 0.1) is 0 Å². The van der Waals surface area contributed by atoms with E-state index in [4.69, 9.17) is 0 Å². The van der Waals surface area contributed by atoms with Crippen molar-refractivity contribution in [3.8, 4) is 0 Å². The van der Waals surface area contributed by atoms with E-state index in [-0.39, 0.29) is 21.1 Å². The van der Waals surface area contributed by atoms with Crippen molar-refractivity contribution >= 4 is 45.0 Å². The van der Waals surface area contributed by atoms with E-state index in [0.29, 0.717) is 25.4 Å². The summed E-state index contributed by atoms with van der Waals surface area (Å²) < 4.78 is 9.23. The number of aliphatic carboxylic acids is 2. The van der Waals surface area contributed by atoms with Crippen LogP contribution in [0.4, 0.5) is 0 Å². The monoisotopic (exact) mass is 492 g/mol. The van der Waals surface area contributed by atoms with E-state index in [1.807, 2.05) is 13.8 Å². The summed E-state index contributed by atoms with van der Waals surface area (Å²) in [6.45, 7) is 4.58. The molecule has 0 unspecified atom stereocenters. The van der Waals surface area contributed by atoms with Gasteiger partial charge in [-0.25, -0.2) is 9.59 Å². The van der Waals surface area contributed by atoms with E-state index in [9.17, 15) is 29.4 Å². The molecule has 0 spiro atoms. The molecule has 0 radical (unpaired) electrons. The van der Waals surface area contributed by atoms with Gasteiger partial charge in [-0.15, -0.1) is 0 Å². The summed E-state index contributed by atoms with van der Waals surface area (Å²) in [5.41, 5.74) is 0. The van der Waals surface area contributed by atoms with Crippen molar-refractivity contribution < 1.29 is 38.9 Å². The number of esters is 2. The topological polar surface area (TPSA) is 133 Å². The molecule has 0 heterocycles. The van der Waals surface area contributed by atoms with Crippen LogP contribution in [0.5, 0.6) is 0 Å². The second-order valence-corrected chi connectivity index (χ2v) is 7.70. The number of ether oxygens (including phenoxy) is 2. The van der Waals surface area contributed by atoms with Gasteiger partial charge >= 0.3 is 43.0 Å². The third kappa shape index (κ3) is 36.0. The summed E-state index contributed by atoms with van der Waals surface area (Å²) >= 11 is 0.230. The van der Waals surface area contributed by atoms with Crippen LogP contribution in [0.15, 0.2) is 24.3 Å². The molecule has 0 atom stereocenters. The minimum atomic E-state index is -1.40. The van der Waals surface area contributed by atoms with Gasteiger partial charge in [0.05, 0.1) is 25.2 Å². The molecule has 0 bridgehead atoms. The van der Waals surface area contributed by atoms with Crippen LogP contribution in [0.2, 0.25) is 9.88 Å². The van der Waals surface area contributed by atoms with Gasteiger partial charge in [-0.2, -0.15) is 0 Å². The normalized spacial score (nSPS) is 9.33. The Morgan fingerprint density at radius 3 is 1.26 bits per heavy atom. The van der Waals surface area contributed by atoms with Gasteiger partial charge in [-0.05, 0) is 25.0 Å². The number of hydrogen-bond donors (Lipinski definition) is 0. The molecular weight excluding hydrogens is 463 g/mol. The van der Waals surface area contributed by atoms with Crippen LogP contribution < -0.4 is 10.2 Å². The number of carboxylic acid groups (broad SMARTS) is 2. The third-order valence-electron chi connectivity index (χ3n) is 2.20.